The molecule has 27 heavy (non-hydrogen) atoms. The maximum Gasteiger partial charge on any atom is 0.434 e. The normalized spacial score (nSPS) is 12.1. The molecule has 2 rings (SSSR count). The molecule has 148 valence electrons. The summed E-state index contributed by atoms with van der Waals surface area (Å²) in [5, 5.41) is 4.34. The standard InChI is InChI=1S/C17H20F4N4OS/c1-3-22-16(23-10-15-24-14(11-27-15)17(19,20)21)25(2)8-9-26-13-6-4-12(18)5-7-13/h4-7,11H,3,8-10H2,1-2H3,(H,22,23). The first-order valence-electron chi connectivity index (χ1n) is 8.19. The third-order valence-corrected chi connectivity index (χ3v) is 4.25. The van der Waals surface area contributed by atoms with Crippen LogP contribution in [0, 0.1) is 5.82 Å². The Morgan fingerprint density at radius 3 is 2.59 bits per heavy atom. The molecule has 1 aromatic carbocycles. The number of likely N-dealkylation sites (N-methyl/N-ethyl adjacent to an activating group) is 1. The van der Waals surface area contributed by atoms with Crippen LogP contribution in [0.2, 0.25) is 0 Å². The minimum atomic E-state index is -4.45. The van der Waals surface area contributed by atoms with Gasteiger partial charge in [-0.05, 0) is 31.2 Å². The minimum absolute atomic E-state index is 0.0479. The highest BCUT2D eigenvalue weighted by atomic mass is 32.1. The van der Waals surface area contributed by atoms with Crippen LogP contribution in [0.1, 0.15) is 17.6 Å². The predicted molar refractivity (Wildman–Crippen MR) is 96.5 cm³/mol. The fourth-order valence-electron chi connectivity index (χ4n) is 2.06. The Kier molecular flexibility index (Phi) is 7.40. The van der Waals surface area contributed by atoms with Crippen molar-refractivity contribution < 1.29 is 22.3 Å². The first kappa shape index (κ1) is 20.9. The Labute approximate surface area is 158 Å². The van der Waals surface area contributed by atoms with Gasteiger partial charge in [-0.2, -0.15) is 13.2 Å². The number of aliphatic imine (C=N–C) groups is 1. The van der Waals surface area contributed by atoms with Crippen LogP contribution in [0.15, 0.2) is 34.6 Å². The van der Waals surface area contributed by atoms with Gasteiger partial charge in [0.1, 0.15) is 23.2 Å². The molecule has 1 aromatic heterocycles. The fourth-order valence-corrected chi connectivity index (χ4v) is 2.79. The third kappa shape index (κ3) is 6.70. The average molecular weight is 404 g/mol. The molecule has 0 radical (unpaired) electrons. The molecule has 0 unspecified atom stereocenters. The molecule has 0 saturated heterocycles. The molecule has 1 heterocycles. The lowest BCUT2D eigenvalue weighted by atomic mass is 10.3. The molecule has 10 heteroatoms. The van der Waals surface area contributed by atoms with E-state index in [2.05, 4.69) is 15.3 Å². The van der Waals surface area contributed by atoms with Gasteiger partial charge < -0.3 is 15.0 Å². The summed E-state index contributed by atoms with van der Waals surface area (Å²) in [7, 11) is 1.79. The van der Waals surface area contributed by atoms with E-state index in [9.17, 15) is 17.6 Å². The highest BCUT2D eigenvalue weighted by molar-refractivity contribution is 7.09. The van der Waals surface area contributed by atoms with E-state index in [4.69, 9.17) is 4.74 Å². The second kappa shape index (κ2) is 9.54. The molecule has 0 spiro atoms. The van der Waals surface area contributed by atoms with Crippen LogP contribution in [0.4, 0.5) is 17.6 Å². The molecule has 0 aliphatic carbocycles. The summed E-state index contributed by atoms with van der Waals surface area (Å²) in [5.74, 6) is 0.745. The second-order valence-electron chi connectivity index (χ2n) is 5.52. The van der Waals surface area contributed by atoms with Crippen LogP contribution in [-0.2, 0) is 12.7 Å². The van der Waals surface area contributed by atoms with E-state index in [0.717, 1.165) is 16.7 Å². The Morgan fingerprint density at radius 1 is 1.30 bits per heavy atom. The number of rotatable bonds is 7. The van der Waals surface area contributed by atoms with Crippen molar-refractivity contribution >= 4 is 17.3 Å². The van der Waals surface area contributed by atoms with Gasteiger partial charge in [0.05, 0.1) is 13.1 Å². The minimum Gasteiger partial charge on any atom is -0.492 e. The van der Waals surface area contributed by atoms with Gasteiger partial charge in [-0.15, -0.1) is 11.3 Å². The number of hydrogen-bond donors (Lipinski definition) is 1. The van der Waals surface area contributed by atoms with Crippen LogP contribution in [0.25, 0.3) is 0 Å². The fraction of sp³-hybridized carbons (Fsp3) is 0.412. The number of benzene rings is 1. The van der Waals surface area contributed by atoms with Crippen LogP contribution in [0.3, 0.4) is 0 Å². The summed E-state index contributed by atoms with van der Waals surface area (Å²) < 4.78 is 56.2. The van der Waals surface area contributed by atoms with Crippen molar-refractivity contribution in [1.82, 2.24) is 15.2 Å². The number of ether oxygens (including phenoxy) is 1. The van der Waals surface area contributed by atoms with Crippen molar-refractivity contribution in [2.24, 2.45) is 4.99 Å². The van der Waals surface area contributed by atoms with Crippen molar-refractivity contribution in [2.75, 3.05) is 26.7 Å². The highest BCUT2D eigenvalue weighted by Gasteiger charge is 2.33. The zero-order chi connectivity index (χ0) is 19.9. The van der Waals surface area contributed by atoms with Crippen molar-refractivity contribution in [2.45, 2.75) is 19.6 Å². The largest absolute Gasteiger partial charge is 0.492 e. The lowest BCUT2D eigenvalue weighted by Crippen LogP contribution is -2.40. The molecule has 0 saturated carbocycles. The summed E-state index contributed by atoms with van der Waals surface area (Å²) in [4.78, 5) is 9.69. The third-order valence-electron chi connectivity index (χ3n) is 3.41. The van der Waals surface area contributed by atoms with Gasteiger partial charge in [0, 0.05) is 19.0 Å². The predicted octanol–water partition coefficient (Wildman–Crippen LogP) is 3.78. The van der Waals surface area contributed by atoms with Gasteiger partial charge in [-0.1, -0.05) is 0 Å². The van der Waals surface area contributed by atoms with Crippen molar-refractivity contribution in [3.63, 3.8) is 0 Å². The molecular formula is C17H20F4N4OS. The van der Waals surface area contributed by atoms with E-state index in [1.807, 2.05) is 6.92 Å². The number of thiazole rings is 1. The quantitative estimate of drug-likeness (QED) is 0.434. The van der Waals surface area contributed by atoms with E-state index in [0.29, 0.717) is 31.4 Å². The smallest absolute Gasteiger partial charge is 0.434 e. The average Bonchev–Trinajstić information content (AvgIpc) is 3.09. The number of hydrogen-bond acceptors (Lipinski definition) is 4. The first-order chi connectivity index (χ1) is 12.8. The summed E-state index contributed by atoms with van der Waals surface area (Å²) in [6.07, 6.45) is -4.45. The number of halogens is 4. The molecular weight excluding hydrogens is 384 g/mol. The number of nitrogens with one attached hydrogen (secondary N) is 1. The van der Waals surface area contributed by atoms with Gasteiger partial charge in [0.2, 0.25) is 0 Å². The van der Waals surface area contributed by atoms with Gasteiger partial charge in [-0.25, -0.2) is 14.4 Å². The molecule has 0 aliphatic heterocycles. The Morgan fingerprint density at radius 2 is 2.00 bits per heavy atom. The van der Waals surface area contributed by atoms with Gasteiger partial charge >= 0.3 is 6.18 Å². The summed E-state index contributed by atoms with van der Waals surface area (Å²) in [5.41, 5.74) is -0.899. The molecule has 2 aromatic rings. The zero-order valence-electron chi connectivity index (χ0n) is 14.9. The van der Waals surface area contributed by atoms with E-state index in [-0.39, 0.29) is 17.4 Å². The second-order valence-corrected chi connectivity index (χ2v) is 6.46. The van der Waals surface area contributed by atoms with Crippen molar-refractivity contribution in [3.8, 4) is 5.75 Å². The summed E-state index contributed by atoms with van der Waals surface area (Å²) in [6, 6.07) is 5.70. The van der Waals surface area contributed by atoms with E-state index in [1.54, 1.807) is 11.9 Å². The lowest BCUT2D eigenvalue weighted by Gasteiger charge is -2.22. The molecule has 0 bridgehead atoms. The zero-order valence-corrected chi connectivity index (χ0v) is 15.7. The number of guanidine groups is 1. The van der Waals surface area contributed by atoms with Gasteiger partial charge in [-0.3, -0.25) is 0 Å². The van der Waals surface area contributed by atoms with E-state index in [1.165, 1.54) is 24.3 Å². The number of alkyl halides is 3. The first-order valence-corrected chi connectivity index (χ1v) is 9.07. The molecule has 1 N–H and O–H groups in total. The Hall–Kier alpha value is -2.36. The highest BCUT2D eigenvalue weighted by Crippen LogP contribution is 2.30. The SMILES string of the molecule is CCNC(=NCc1nc(C(F)(F)F)cs1)N(C)CCOc1ccc(F)cc1. The maximum absolute atomic E-state index is 12.9. The van der Waals surface area contributed by atoms with E-state index >= 15 is 0 Å². The van der Waals surface area contributed by atoms with Crippen molar-refractivity contribution in [3.05, 3.63) is 46.2 Å². The van der Waals surface area contributed by atoms with Gasteiger partial charge in [0.25, 0.3) is 0 Å². The molecule has 5 nitrogen and oxygen atoms in total. The van der Waals surface area contributed by atoms with Gasteiger partial charge in [0.15, 0.2) is 11.7 Å². The molecule has 0 aliphatic rings. The van der Waals surface area contributed by atoms with Crippen molar-refractivity contribution in [1.29, 1.82) is 0 Å². The monoisotopic (exact) mass is 404 g/mol. The number of nitrogens with zero attached hydrogens (tertiary/aromatic N) is 3. The Balaban J connectivity index is 1.91. The van der Waals surface area contributed by atoms with E-state index < -0.39 is 11.9 Å². The van der Waals surface area contributed by atoms with Crippen LogP contribution >= 0.6 is 11.3 Å². The summed E-state index contributed by atoms with van der Waals surface area (Å²) >= 11 is 0.925. The maximum atomic E-state index is 12.9. The van der Waals surface area contributed by atoms with Crippen LogP contribution < -0.4 is 10.1 Å². The topological polar surface area (TPSA) is 49.8 Å². The van der Waals surface area contributed by atoms with Crippen LogP contribution in [-0.4, -0.2) is 42.6 Å². The lowest BCUT2D eigenvalue weighted by molar-refractivity contribution is -0.140. The molecule has 0 atom stereocenters. The Bertz CT molecular complexity index is 746. The summed E-state index contributed by atoms with van der Waals surface area (Å²) in [6.45, 7) is 3.36. The molecule has 0 fully saturated rings. The number of aromatic nitrogens is 1. The van der Waals surface area contributed by atoms with Crippen LogP contribution in [0.5, 0.6) is 5.75 Å². The molecule has 0 amide bonds.